The fourth-order valence-corrected chi connectivity index (χ4v) is 3.35. The van der Waals surface area contributed by atoms with Crippen molar-refractivity contribution in [2.45, 2.75) is 18.7 Å². The van der Waals surface area contributed by atoms with Gasteiger partial charge in [-0.2, -0.15) is 0 Å². The Morgan fingerprint density at radius 3 is 2.00 bits per heavy atom. The molecule has 0 radical (unpaired) electrons. The third-order valence-electron chi connectivity index (χ3n) is 2.84. The molecule has 0 bridgehead atoms. The van der Waals surface area contributed by atoms with Gasteiger partial charge in [-0.1, -0.05) is 18.2 Å². The van der Waals surface area contributed by atoms with Crippen LogP contribution in [0.3, 0.4) is 0 Å². The van der Waals surface area contributed by atoms with Crippen molar-refractivity contribution >= 4 is 38.3 Å². The van der Waals surface area contributed by atoms with E-state index >= 15 is 0 Å². The number of para-hydroxylation sites is 1. The van der Waals surface area contributed by atoms with Crippen LogP contribution in [-0.2, 0) is 10.0 Å². The lowest BCUT2D eigenvalue weighted by Gasteiger charge is -2.13. The van der Waals surface area contributed by atoms with E-state index in [-0.39, 0.29) is 4.90 Å². The third-order valence-corrected chi connectivity index (χ3v) is 4.93. The Hall–Kier alpha value is -1.08. The van der Waals surface area contributed by atoms with Crippen molar-refractivity contribution in [1.29, 1.82) is 0 Å². The lowest BCUT2D eigenvalue weighted by Crippen LogP contribution is -2.14. The molecule has 0 amide bonds. The summed E-state index contributed by atoms with van der Waals surface area (Å²) in [5.41, 5.74) is 2.48. The van der Waals surface area contributed by atoms with Crippen LogP contribution >= 0.6 is 22.6 Å². The maximum atomic E-state index is 12.3. The van der Waals surface area contributed by atoms with Crippen LogP contribution in [0.4, 0.5) is 5.69 Å². The summed E-state index contributed by atoms with van der Waals surface area (Å²) in [6.45, 7) is 3.78. The summed E-state index contributed by atoms with van der Waals surface area (Å²) < 4.78 is 28.3. The molecule has 2 rings (SSSR count). The van der Waals surface area contributed by atoms with Crippen molar-refractivity contribution < 1.29 is 8.42 Å². The van der Waals surface area contributed by atoms with E-state index in [1.807, 2.05) is 32.0 Å². The summed E-state index contributed by atoms with van der Waals surface area (Å²) in [6, 6.07) is 12.5. The monoisotopic (exact) mass is 387 g/mol. The van der Waals surface area contributed by atoms with Gasteiger partial charge in [0, 0.05) is 3.57 Å². The van der Waals surface area contributed by atoms with Crippen LogP contribution in [0.5, 0.6) is 0 Å². The van der Waals surface area contributed by atoms with E-state index in [4.69, 9.17) is 0 Å². The summed E-state index contributed by atoms with van der Waals surface area (Å²) in [7, 11) is -3.53. The molecule has 0 saturated carbocycles. The zero-order valence-corrected chi connectivity index (χ0v) is 13.6. The Labute approximate surface area is 127 Å². The second-order valence-corrected chi connectivity index (χ2v) is 7.25. The summed E-state index contributed by atoms with van der Waals surface area (Å²) in [4.78, 5) is 0.274. The number of aryl methyl sites for hydroxylation is 2. The molecule has 0 aromatic heterocycles. The van der Waals surface area contributed by atoms with Crippen LogP contribution in [0.25, 0.3) is 0 Å². The molecular formula is C14H14INO2S. The fraction of sp³-hybridized carbons (Fsp3) is 0.143. The smallest absolute Gasteiger partial charge is 0.261 e. The van der Waals surface area contributed by atoms with Gasteiger partial charge in [-0.15, -0.1) is 0 Å². The van der Waals surface area contributed by atoms with Crippen molar-refractivity contribution in [3.8, 4) is 0 Å². The summed E-state index contributed by atoms with van der Waals surface area (Å²) in [5.74, 6) is 0. The first-order valence-corrected chi connectivity index (χ1v) is 8.31. The minimum absolute atomic E-state index is 0.274. The van der Waals surface area contributed by atoms with Crippen molar-refractivity contribution in [2.24, 2.45) is 0 Å². The SMILES string of the molecule is Cc1cccc(C)c1NS(=O)(=O)c1ccc(I)cc1. The van der Waals surface area contributed by atoms with Gasteiger partial charge in [0.2, 0.25) is 0 Å². The van der Waals surface area contributed by atoms with Crippen molar-refractivity contribution in [3.63, 3.8) is 0 Å². The second kappa shape index (κ2) is 5.50. The molecule has 2 aromatic rings. The number of anilines is 1. The Bertz CT molecular complexity index is 674. The zero-order valence-electron chi connectivity index (χ0n) is 10.6. The van der Waals surface area contributed by atoms with E-state index in [1.54, 1.807) is 24.3 Å². The van der Waals surface area contributed by atoms with Gasteiger partial charge in [0.1, 0.15) is 0 Å². The van der Waals surface area contributed by atoms with Crippen LogP contribution in [0.15, 0.2) is 47.4 Å². The predicted octanol–water partition coefficient (Wildman–Crippen LogP) is 3.71. The normalized spacial score (nSPS) is 11.3. The molecule has 100 valence electrons. The van der Waals surface area contributed by atoms with Gasteiger partial charge in [-0.3, -0.25) is 4.72 Å². The molecule has 0 spiro atoms. The minimum atomic E-state index is -3.53. The number of hydrogen-bond donors (Lipinski definition) is 1. The molecule has 0 fully saturated rings. The molecule has 0 saturated heterocycles. The van der Waals surface area contributed by atoms with E-state index in [0.717, 1.165) is 14.7 Å². The molecule has 1 N–H and O–H groups in total. The average molecular weight is 387 g/mol. The number of hydrogen-bond acceptors (Lipinski definition) is 2. The maximum absolute atomic E-state index is 12.3. The first kappa shape index (κ1) is 14.3. The number of benzene rings is 2. The highest BCUT2D eigenvalue weighted by Crippen LogP contribution is 2.23. The summed E-state index contributed by atoms with van der Waals surface area (Å²) in [6.07, 6.45) is 0. The quantitative estimate of drug-likeness (QED) is 0.817. The second-order valence-electron chi connectivity index (χ2n) is 4.33. The summed E-state index contributed by atoms with van der Waals surface area (Å²) in [5, 5.41) is 0. The van der Waals surface area contributed by atoms with Gasteiger partial charge in [-0.25, -0.2) is 8.42 Å². The van der Waals surface area contributed by atoms with Crippen LogP contribution in [0.1, 0.15) is 11.1 Å². The number of nitrogens with one attached hydrogen (secondary N) is 1. The van der Waals surface area contributed by atoms with Crippen molar-refractivity contribution in [1.82, 2.24) is 0 Å². The highest BCUT2D eigenvalue weighted by molar-refractivity contribution is 14.1. The molecule has 0 unspecified atom stereocenters. The largest absolute Gasteiger partial charge is 0.279 e. The van der Waals surface area contributed by atoms with E-state index in [2.05, 4.69) is 27.3 Å². The standard InChI is InChI=1S/C14H14INO2S/c1-10-4-3-5-11(2)14(10)16-19(17,18)13-8-6-12(15)7-9-13/h3-9,16H,1-2H3. The van der Waals surface area contributed by atoms with Crippen LogP contribution < -0.4 is 4.72 Å². The number of rotatable bonds is 3. The molecule has 0 atom stereocenters. The molecule has 2 aromatic carbocycles. The van der Waals surface area contributed by atoms with Gasteiger partial charge >= 0.3 is 0 Å². The number of sulfonamides is 1. The van der Waals surface area contributed by atoms with Gasteiger partial charge < -0.3 is 0 Å². The molecule has 3 nitrogen and oxygen atoms in total. The lowest BCUT2D eigenvalue weighted by molar-refractivity contribution is 0.601. The highest BCUT2D eigenvalue weighted by atomic mass is 127. The van der Waals surface area contributed by atoms with E-state index in [9.17, 15) is 8.42 Å². The number of halogens is 1. The van der Waals surface area contributed by atoms with E-state index in [1.165, 1.54) is 0 Å². The average Bonchev–Trinajstić information content (AvgIpc) is 2.35. The van der Waals surface area contributed by atoms with Crippen LogP contribution in [-0.4, -0.2) is 8.42 Å². The van der Waals surface area contributed by atoms with Crippen molar-refractivity contribution in [2.75, 3.05) is 4.72 Å². The zero-order chi connectivity index (χ0) is 14.0. The van der Waals surface area contributed by atoms with Crippen molar-refractivity contribution in [3.05, 3.63) is 57.2 Å². The predicted molar refractivity (Wildman–Crippen MR) is 85.9 cm³/mol. The summed E-state index contributed by atoms with van der Waals surface area (Å²) >= 11 is 2.14. The van der Waals surface area contributed by atoms with Gasteiger partial charge in [0.15, 0.2) is 0 Å². The van der Waals surface area contributed by atoms with Crippen LogP contribution in [0, 0.1) is 17.4 Å². The Balaban J connectivity index is 2.39. The Kier molecular flexibility index (Phi) is 4.15. The van der Waals surface area contributed by atoms with Gasteiger partial charge in [0.05, 0.1) is 10.6 Å². The third kappa shape index (κ3) is 3.27. The van der Waals surface area contributed by atoms with E-state index < -0.39 is 10.0 Å². The topological polar surface area (TPSA) is 46.2 Å². The Morgan fingerprint density at radius 2 is 1.47 bits per heavy atom. The minimum Gasteiger partial charge on any atom is -0.279 e. The highest BCUT2D eigenvalue weighted by Gasteiger charge is 2.16. The molecule has 0 heterocycles. The van der Waals surface area contributed by atoms with Gasteiger partial charge in [0.25, 0.3) is 10.0 Å². The Morgan fingerprint density at radius 1 is 0.947 bits per heavy atom. The molecule has 5 heteroatoms. The first-order valence-electron chi connectivity index (χ1n) is 5.75. The molecular weight excluding hydrogens is 373 g/mol. The maximum Gasteiger partial charge on any atom is 0.261 e. The lowest BCUT2D eigenvalue weighted by atomic mass is 10.1. The molecule has 19 heavy (non-hydrogen) atoms. The molecule has 0 aliphatic heterocycles. The first-order chi connectivity index (χ1) is 8.90. The molecule has 0 aliphatic carbocycles. The fourth-order valence-electron chi connectivity index (χ4n) is 1.78. The van der Waals surface area contributed by atoms with Gasteiger partial charge in [-0.05, 0) is 71.8 Å². The van der Waals surface area contributed by atoms with Crippen LogP contribution in [0.2, 0.25) is 0 Å². The van der Waals surface area contributed by atoms with E-state index in [0.29, 0.717) is 5.69 Å². The molecule has 0 aliphatic rings.